The topological polar surface area (TPSA) is 99.8 Å². The number of fused-ring (bicyclic) bond motifs is 1. The van der Waals surface area contributed by atoms with Crippen molar-refractivity contribution in [1.82, 2.24) is 29.5 Å². The van der Waals surface area contributed by atoms with Gasteiger partial charge < -0.3 is 10.2 Å². The predicted molar refractivity (Wildman–Crippen MR) is 131 cm³/mol. The molecule has 170 valence electrons. The lowest BCUT2D eigenvalue weighted by Crippen LogP contribution is -2.25. The molecular weight excluding hydrogens is 477 g/mol. The molecule has 0 bridgehead atoms. The van der Waals surface area contributed by atoms with E-state index in [9.17, 15) is 4.79 Å². The summed E-state index contributed by atoms with van der Waals surface area (Å²) < 4.78 is 2.82. The molecule has 0 aliphatic rings. The van der Waals surface area contributed by atoms with Crippen LogP contribution in [0.15, 0.2) is 72.0 Å². The maximum atomic E-state index is 12.4. The average Bonchev–Trinajstić information content (AvgIpc) is 3.32. The zero-order valence-electron chi connectivity index (χ0n) is 17.8. The van der Waals surface area contributed by atoms with Crippen LogP contribution >= 0.6 is 23.2 Å². The monoisotopic (exact) mass is 493 g/mol. The number of halogens is 2. The number of hydrogen-bond donors (Lipinski definition) is 1. The highest BCUT2D eigenvalue weighted by Crippen LogP contribution is 2.37. The Bertz CT molecular complexity index is 1530. The molecule has 0 aliphatic heterocycles. The first-order chi connectivity index (χ1) is 16.5. The van der Waals surface area contributed by atoms with Crippen molar-refractivity contribution in [3.8, 4) is 11.3 Å². The zero-order chi connectivity index (χ0) is 23.7. The van der Waals surface area contributed by atoms with Crippen molar-refractivity contribution in [2.45, 2.75) is 6.54 Å². The molecule has 1 N–H and O–H groups in total. The lowest BCUT2D eigenvalue weighted by atomic mass is 10.1. The second kappa shape index (κ2) is 9.12. The first kappa shape index (κ1) is 21.9. The Kier molecular flexibility index (Phi) is 5.87. The molecule has 3 aromatic heterocycles. The van der Waals surface area contributed by atoms with Crippen LogP contribution in [0.5, 0.6) is 0 Å². The average molecular weight is 494 g/mol. The quantitative estimate of drug-likeness (QED) is 0.378. The molecule has 0 atom stereocenters. The van der Waals surface area contributed by atoms with E-state index in [0.29, 0.717) is 33.2 Å². The third-order valence-corrected chi connectivity index (χ3v) is 5.72. The molecule has 5 aromatic rings. The predicted octanol–water partition coefficient (Wildman–Crippen LogP) is 4.21. The first-order valence-corrected chi connectivity index (χ1v) is 10.9. The van der Waals surface area contributed by atoms with Crippen molar-refractivity contribution in [1.29, 1.82) is 0 Å². The van der Waals surface area contributed by atoms with Gasteiger partial charge in [0, 0.05) is 22.7 Å². The minimum Gasteiger partial charge on any atom is -0.412 e. The fourth-order valence-electron chi connectivity index (χ4n) is 3.62. The second-order valence-corrected chi connectivity index (χ2v) is 8.11. The van der Waals surface area contributed by atoms with Crippen LogP contribution in [0, 0.1) is 0 Å². The van der Waals surface area contributed by atoms with E-state index in [1.165, 1.54) is 19.5 Å². The van der Waals surface area contributed by atoms with Crippen LogP contribution < -0.4 is 15.7 Å². The van der Waals surface area contributed by atoms with Crippen LogP contribution in [0.25, 0.3) is 22.3 Å². The lowest BCUT2D eigenvalue weighted by Gasteiger charge is -2.15. The Morgan fingerprint density at radius 2 is 1.82 bits per heavy atom. The maximum Gasteiger partial charge on any atom is 0.285 e. The Labute approximate surface area is 203 Å². The van der Waals surface area contributed by atoms with Crippen LogP contribution in [0.2, 0.25) is 10.0 Å². The van der Waals surface area contributed by atoms with Gasteiger partial charge in [0.25, 0.3) is 5.56 Å². The van der Waals surface area contributed by atoms with Gasteiger partial charge in [-0.2, -0.15) is 10.1 Å². The summed E-state index contributed by atoms with van der Waals surface area (Å²) >= 11 is 13.0. The number of rotatable bonds is 6. The van der Waals surface area contributed by atoms with Gasteiger partial charge in [0.15, 0.2) is 5.65 Å². The summed E-state index contributed by atoms with van der Waals surface area (Å²) in [6.07, 6.45) is 3.14. The molecule has 34 heavy (non-hydrogen) atoms. The smallest absolute Gasteiger partial charge is 0.285 e. The minimum absolute atomic E-state index is 0.243. The van der Waals surface area contributed by atoms with Crippen LogP contribution in [-0.4, -0.2) is 36.6 Å². The van der Waals surface area contributed by atoms with Crippen LogP contribution in [0.1, 0.15) is 5.56 Å². The van der Waals surface area contributed by atoms with Crippen molar-refractivity contribution >= 4 is 45.9 Å². The molecule has 3 heterocycles. The van der Waals surface area contributed by atoms with Gasteiger partial charge in [-0.15, -0.1) is 4.73 Å². The Morgan fingerprint density at radius 3 is 2.56 bits per heavy atom. The largest absolute Gasteiger partial charge is 0.412 e. The Morgan fingerprint density at radius 1 is 1.03 bits per heavy atom. The van der Waals surface area contributed by atoms with E-state index in [0.717, 1.165) is 16.0 Å². The number of pyridine rings is 1. The van der Waals surface area contributed by atoms with Crippen molar-refractivity contribution in [2.24, 2.45) is 0 Å². The Balaban J connectivity index is 1.64. The van der Waals surface area contributed by atoms with Gasteiger partial charge >= 0.3 is 0 Å². The Hall–Kier alpha value is -3.95. The van der Waals surface area contributed by atoms with Gasteiger partial charge in [-0.25, -0.2) is 14.6 Å². The van der Waals surface area contributed by atoms with Gasteiger partial charge in [0.1, 0.15) is 19.8 Å². The summed E-state index contributed by atoms with van der Waals surface area (Å²) in [6, 6.07) is 15.9. The van der Waals surface area contributed by atoms with Gasteiger partial charge in [0.2, 0.25) is 5.95 Å². The third-order valence-electron chi connectivity index (χ3n) is 5.09. The molecule has 0 saturated carbocycles. The molecule has 0 saturated heterocycles. The van der Waals surface area contributed by atoms with E-state index in [4.69, 9.17) is 33.0 Å². The van der Waals surface area contributed by atoms with Crippen molar-refractivity contribution in [2.75, 3.05) is 12.4 Å². The maximum absolute atomic E-state index is 12.4. The van der Waals surface area contributed by atoms with Crippen LogP contribution in [0.4, 0.5) is 11.6 Å². The summed E-state index contributed by atoms with van der Waals surface area (Å²) in [5.41, 5.74) is 2.65. The van der Waals surface area contributed by atoms with E-state index >= 15 is 0 Å². The molecule has 11 heteroatoms. The summed E-state index contributed by atoms with van der Waals surface area (Å²) in [5.74, 6) is 0.243. The number of anilines is 2. The number of benzene rings is 2. The molecule has 2 aromatic carbocycles. The van der Waals surface area contributed by atoms with Crippen molar-refractivity contribution in [3.63, 3.8) is 0 Å². The van der Waals surface area contributed by atoms with Gasteiger partial charge in [-0.1, -0.05) is 41.4 Å². The second-order valence-electron chi connectivity index (χ2n) is 7.30. The fraction of sp³-hybridized carbons (Fsp3) is 0.0870. The molecule has 0 amide bonds. The summed E-state index contributed by atoms with van der Waals surface area (Å²) in [4.78, 5) is 30.9. The molecule has 0 aliphatic carbocycles. The molecule has 0 fully saturated rings. The number of nitrogens with one attached hydrogen (secondary N) is 1. The first-order valence-electron chi connectivity index (χ1n) is 10.1. The van der Waals surface area contributed by atoms with E-state index in [2.05, 4.69) is 20.4 Å². The standard InChI is InChI=1S/C23H17Cl2N7O2/c1-34-32-19(33)9-8-16-21(20-17(24)6-3-7-18(20)25)29-23(30-22(16)32)28-15-5-2-4-14(10-15)11-31-13-26-12-27-31/h2-10,12-13H,11H2,1H3,(H,28,29,30). The van der Waals surface area contributed by atoms with Crippen LogP contribution in [0.3, 0.4) is 0 Å². The highest BCUT2D eigenvalue weighted by Gasteiger charge is 2.19. The summed E-state index contributed by atoms with van der Waals surface area (Å²) in [6.45, 7) is 0.553. The van der Waals surface area contributed by atoms with Crippen molar-refractivity contribution < 1.29 is 4.84 Å². The van der Waals surface area contributed by atoms with Gasteiger partial charge in [-0.3, -0.25) is 4.79 Å². The van der Waals surface area contributed by atoms with E-state index in [1.807, 2.05) is 24.3 Å². The SMILES string of the molecule is COn1c(=O)ccc2c(-c3c(Cl)cccc3Cl)nc(Nc3cccc(Cn4cncn4)c3)nc21. The van der Waals surface area contributed by atoms with Gasteiger partial charge in [0.05, 0.1) is 22.3 Å². The van der Waals surface area contributed by atoms with E-state index < -0.39 is 0 Å². The lowest BCUT2D eigenvalue weighted by molar-refractivity contribution is 0.167. The summed E-state index contributed by atoms with van der Waals surface area (Å²) in [5, 5.41) is 8.75. The molecule has 9 nitrogen and oxygen atoms in total. The van der Waals surface area contributed by atoms with Gasteiger partial charge in [-0.05, 0) is 35.9 Å². The molecule has 0 spiro atoms. The fourth-order valence-corrected chi connectivity index (χ4v) is 4.19. The summed E-state index contributed by atoms with van der Waals surface area (Å²) in [7, 11) is 1.39. The molecule has 5 rings (SSSR count). The number of hydrogen-bond acceptors (Lipinski definition) is 7. The third kappa shape index (κ3) is 4.18. The van der Waals surface area contributed by atoms with E-state index in [1.54, 1.807) is 35.3 Å². The zero-order valence-corrected chi connectivity index (χ0v) is 19.3. The minimum atomic E-state index is -0.370. The molecular formula is C23H17Cl2N7O2. The molecule has 0 unspecified atom stereocenters. The van der Waals surface area contributed by atoms with E-state index in [-0.39, 0.29) is 17.2 Å². The normalized spacial score (nSPS) is 11.0. The highest BCUT2D eigenvalue weighted by atomic mass is 35.5. The molecule has 0 radical (unpaired) electrons. The number of nitrogens with zero attached hydrogens (tertiary/aromatic N) is 6. The van der Waals surface area contributed by atoms with Crippen LogP contribution in [-0.2, 0) is 6.54 Å². The highest BCUT2D eigenvalue weighted by molar-refractivity contribution is 6.39. The number of aromatic nitrogens is 6. The van der Waals surface area contributed by atoms with Crippen molar-refractivity contribution in [3.05, 3.63) is 93.2 Å².